The lowest BCUT2D eigenvalue weighted by molar-refractivity contribution is 0.0997. The third kappa shape index (κ3) is 3.63. The molecule has 23 heavy (non-hydrogen) atoms. The fourth-order valence-corrected chi connectivity index (χ4v) is 2.69. The van der Waals surface area contributed by atoms with Gasteiger partial charge < -0.3 is 9.73 Å². The van der Waals surface area contributed by atoms with Crippen LogP contribution in [0.4, 0.5) is 5.69 Å². The Bertz CT molecular complexity index is 847. The smallest absolute Gasteiger partial charge is 0.291 e. The highest BCUT2D eigenvalue weighted by Gasteiger charge is 2.13. The van der Waals surface area contributed by atoms with Crippen LogP contribution in [0.25, 0.3) is 11.3 Å². The van der Waals surface area contributed by atoms with Gasteiger partial charge in [0.15, 0.2) is 5.76 Å². The number of hydrogen-bond acceptors (Lipinski definition) is 2. The lowest BCUT2D eigenvalue weighted by Crippen LogP contribution is -2.11. The molecule has 0 atom stereocenters. The monoisotopic (exact) mass is 325 g/mol. The van der Waals surface area contributed by atoms with E-state index in [0.717, 1.165) is 22.4 Å². The van der Waals surface area contributed by atoms with Crippen molar-refractivity contribution in [1.82, 2.24) is 0 Å². The third-order valence-corrected chi connectivity index (χ3v) is 3.65. The number of hydrogen-bond donors (Lipinski definition) is 1. The van der Waals surface area contributed by atoms with Crippen molar-refractivity contribution in [3.63, 3.8) is 0 Å². The average molecular weight is 326 g/mol. The average Bonchev–Trinajstić information content (AvgIpc) is 2.96. The molecule has 0 saturated carbocycles. The largest absolute Gasteiger partial charge is 0.451 e. The molecular formula is C19H16ClNO2. The Morgan fingerprint density at radius 3 is 2.43 bits per heavy atom. The molecule has 0 unspecified atom stereocenters. The SMILES string of the molecule is Cc1cc(C)cc(NC(=O)c2ccc(-c3cccc(Cl)c3)o2)c1. The van der Waals surface area contributed by atoms with Crippen molar-refractivity contribution in [2.24, 2.45) is 0 Å². The fraction of sp³-hybridized carbons (Fsp3) is 0.105. The molecule has 0 aliphatic heterocycles. The summed E-state index contributed by atoms with van der Waals surface area (Å²) in [4.78, 5) is 12.3. The van der Waals surface area contributed by atoms with Gasteiger partial charge in [-0.15, -0.1) is 0 Å². The summed E-state index contributed by atoms with van der Waals surface area (Å²) in [5.41, 5.74) is 3.79. The number of amides is 1. The van der Waals surface area contributed by atoms with Crippen LogP contribution in [0.3, 0.4) is 0 Å². The van der Waals surface area contributed by atoms with Crippen molar-refractivity contribution >= 4 is 23.2 Å². The number of carbonyl (C=O) groups is 1. The number of carbonyl (C=O) groups excluding carboxylic acids is 1. The first kappa shape index (κ1) is 15.4. The topological polar surface area (TPSA) is 42.2 Å². The van der Waals surface area contributed by atoms with Crippen LogP contribution in [0.2, 0.25) is 5.02 Å². The first-order valence-electron chi connectivity index (χ1n) is 7.27. The third-order valence-electron chi connectivity index (χ3n) is 3.42. The number of aryl methyl sites for hydroxylation is 2. The highest BCUT2D eigenvalue weighted by atomic mass is 35.5. The molecule has 1 amide bonds. The van der Waals surface area contributed by atoms with Gasteiger partial charge in [0.05, 0.1) is 0 Å². The Morgan fingerprint density at radius 2 is 1.74 bits per heavy atom. The van der Waals surface area contributed by atoms with E-state index < -0.39 is 0 Å². The summed E-state index contributed by atoms with van der Waals surface area (Å²) in [6.07, 6.45) is 0. The predicted octanol–water partition coefficient (Wildman–Crippen LogP) is 5.47. The van der Waals surface area contributed by atoms with Gasteiger partial charge in [0.25, 0.3) is 5.91 Å². The number of rotatable bonds is 3. The van der Waals surface area contributed by atoms with Crippen LogP contribution in [0.5, 0.6) is 0 Å². The number of nitrogens with one attached hydrogen (secondary N) is 1. The van der Waals surface area contributed by atoms with Crippen LogP contribution >= 0.6 is 11.6 Å². The summed E-state index contributed by atoms with van der Waals surface area (Å²) < 4.78 is 5.65. The van der Waals surface area contributed by atoms with Crippen LogP contribution in [0.15, 0.2) is 59.0 Å². The number of benzene rings is 2. The summed E-state index contributed by atoms with van der Waals surface area (Å²) in [5.74, 6) is 0.598. The van der Waals surface area contributed by atoms with Gasteiger partial charge in [-0.2, -0.15) is 0 Å². The maximum Gasteiger partial charge on any atom is 0.291 e. The molecule has 0 saturated heterocycles. The maximum absolute atomic E-state index is 12.3. The van der Waals surface area contributed by atoms with Gasteiger partial charge in [0.1, 0.15) is 5.76 Å². The molecule has 1 aromatic heterocycles. The van der Waals surface area contributed by atoms with E-state index in [2.05, 4.69) is 11.4 Å². The van der Waals surface area contributed by atoms with Gasteiger partial charge in [-0.25, -0.2) is 0 Å². The van der Waals surface area contributed by atoms with Crippen molar-refractivity contribution in [3.8, 4) is 11.3 Å². The van der Waals surface area contributed by atoms with E-state index in [0.29, 0.717) is 10.8 Å². The zero-order chi connectivity index (χ0) is 16.4. The molecular weight excluding hydrogens is 310 g/mol. The van der Waals surface area contributed by atoms with E-state index in [1.54, 1.807) is 24.3 Å². The minimum Gasteiger partial charge on any atom is -0.451 e. The van der Waals surface area contributed by atoms with Gasteiger partial charge in [-0.1, -0.05) is 29.8 Å². The molecule has 3 rings (SSSR count). The molecule has 0 fully saturated rings. The normalized spacial score (nSPS) is 10.6. The Balaban J connectivity index is 1.81. The molecule has 116 valence electrons. The summed E-state index contributed by atoms with van der Waals surface area (Å²) in [6.45, 7) is 3.99. The number of anilines is 1. The number of furan rings is 1. The standard InChI is InChI=1S/C19H16ClNO2/c1-12-8-13(2)10-16(9-12)21-19(22)18-7-6-17(23-18)14-4-3-5-15(20)11-14/h3-11H,1-2H3,(H,21,22). The van der Waals surface area contributed by atoms with Crippen molar-refractivity contribution in [2.75, 3.05) is 5.32 Å². The summed E-state index contributed by atoms with van der Waals surface area (Å²) in [7, 11) is 0. The van der Waals surface area contributed by atoms with Gasteiger partial charge in [0, 0.05) is 16.3 Å². The van der Waals surface area contributed by atoms with Gasteiger partial charge in [0.2, 0.25) is 0 Å². The van der Waals surface area contributed by atoms with Crippen molar-refractivity contribution in [2.45, 2.75) is 13.8 Å². The molecule has 1 N–H and O–H groups in total. The second-order valence-corrected chi connectivity index (χ2v) is 5.94. The molecule has 0 bridgehead atoms. The first-order valence-corrected chi connectivity index (χ1v) is 7.64. The van der Waals surface area contributed by atoms with Gasteiger partial charge >= 0.3 is 0 Å². The second-order valence-electron chi connectivity index (χ2n) is 5.50. The first-order chi connectivity index (χ1) is 11.0. The zero-order valence-corrected chi connectivity index (χ0v) is 13.6. The quantitative estimate of drug-likeness (QED) is 0.693. The molecule has 3 nitrogen and oxygen atoms in total. The highest BCUT2D eigenvalue weighted by Crippen LogP contribution is 2.25. The van der Waals surface area contributed by atoms with Crippen LogP contribution < -0.4 is 5.32 Å². The van der Waals surface area contributed by atoms with E-state index in [1.165, 1.54) is 0 Å². The van der Waals surface area contributed by atoms with Crippen molar-refractivity contribution in [3.05, 3.63) is 76.5 Å². The molecule has 0 aliphatic carbocycles. The molecule has 3 aromatic rings. The second kappa shape index (κ2) is 6.31. The fourth-order valence-electron chi connectivity index (χ4n) is 2.50. The summed E-state index contributed by atoms with van der Waals surface area (Å²) in [5, 5.41) is 3.48. The lowest BCUT2D eigenvalue weighted by atomic mass is 10.1. The highest BCUT2D eigenvalue weighted by molar-refractivity contribution is 6.30. The molecule has 2 aromatic carbocycles. The summed E-state index contributed by atoms with van der Waals surface area (Å²) >= 11 is 5.98. The van der Waals surface area contributed by atoms with E-state index in [1.807, 2.05) is 38.1 Å². The summed E-state index contributed by atoms with van der Waals surface area (Å²) in [6, 6.07) is 16.6. The van der Waals surface area contributed by atoms with E-state index in [9.17, 15) is 4.79 Å². The van der Waals surface area contributed by atoms with Gasteiger partial charge in [-0.05, 0) is 61.4 Å². The van der Waals surface area contributed by atoms with Crippen LogP contribution in [0, 0.1) is 13.8 Å². The van der Waals surface area contributed by atoms with E-state index in [4.69, 9.17) is 16.0 Å². The van der Waals surface area contributed by atoms with Crippen LogP contribution in [0.1, 0.15) is 21.7 Å². The maximum atomic E-state index is 12.3. The van der Waals surface area contributed by atoms with E-state index in [-0.39, 0.29) is 11.7 Å². The molecule has 0 spiro atoms. The van der Waals surface area contributed by atoms with Crippen LogP contribution in [-0.4, -0.2) is 5.91 Å². The Labute approximate surface area is 139 Å². The van der Waals surface area contributed by atoms with Crippen LogP contribution in [-0.2, 0) is 0 Å². The minimum atomic E-state index is -0.275. The zero-order valence-electron chi connectivity index (χ0n) is 12.9. The molecule has 0 radical (unpaired) electrons. The molecule has 4 heteroatoms. The Morgan fingerprint density at radius 1 is 1.00 bits per heavy atom. The minimum absolute atomic E-state index is 0.263. The number of halogens is 1. The van der Waals surface area contributed by atoms with E-state index >= 15 is 0 Å². The van der Waals surface area contributed by atoms with Crippen molar-refractivity contribution < 1.29 is 9.21 Å². The van der Waals surface area contributed by atoms with Crippen molar-refractivity contribution in [1.29, 1.82) is 0 Å². The lowest BCUT2D eigenvalue weighted by Gasteiger charge is -2.06. The Hall–Kier alpha value is -2.52. The predicted molar refractivity (Wildman–Crippen MR) is 93.0 cm³/mol. The van der Waals surface area contributed by atoms with Gasteiger partial charge in [-0.3, -0.25) is 4.79 Å². The molecule has 0 aliphatic rings. The molecule has 1 heterocycles. The Kier molecular flexibility index (Phi) is 4.22.